The molecule has 0 N–H and O–H groups in total. The fourth-order valence-corrected chi connectivity index (χ4v) is 3.85. The molecule has 0 saturated carbocycles. The number of ether oxygens (including phenoxy) is 1. The van der Waals surface area contributed by atoms with Gasteiger partial charge >= 0.3 is 0 Å². The van der Waals surface area contributed by atoms with E-state index in [1.54, 1.807) is 0 Å². The first-order valence-electron chi connectivity index (χ1n) is 7.55. The smallest absolute Gasteiger partial charge is 0.131 e. The number of rotatable bonds is 1. The molecule has 21 heavy (non-hydrogen) atoms. The van der Waals surface area contributed by atoms with E-state index >= 15 is 0 Å². The van der Waals surface area contributed by atoms with Crippen LogP contribution in [0.15, 0.2) is 42.5 Å². The zero-order valence-corrected chi connectivity index (χ0v) is 12.8. The van der Waals surface area contributed by atoms with E-state index in [1.165, 1.54) is 11.1 Å². The molecule has 0 amide bonds. The summed E-state index contributed by atoms with van der Waals surface area (Å²) in [5.41, 5.74) is 2.57. The van der Waals surface area contributed by atoms with Gasteiger partial charge in [0.15, 0.2) is 0 Å². The first-order chi connectivity index (χ1) is 10.3. The van der Waals surface area contributed by atoms with Crippen molar-refractivity contribution in [2.45, 2.75) is 18.8 Å². The summed E-state index contributed by atoms with van der Waals surface area (Å²) in [6.45, 7) is 5.48. The Hall–Kier alpha value is -1.51. The molecule has 0 unspecified atom stereocenters. The molecule has 0 bridgehead atoms. The van der Waals surface area contributed by atoms with Gasteiger partial charge < -0.3 is 9.64 Å². The van der Waals surface area contributed by atoms with Crippen LogP contribution in [0.1, 0.15) is 29.9 Å². The van der Waals surface area contributed by atoms with Crippen molar-refractivity contribution in [2.75, 3.05) is 19.6 Å². The van der Waals surface area contributed by atoms with Crippen molar-refractivity contribution in [1.82, 2.24) is 4.90 Å². The number of hydrogen-bond donors (Lipinski definition) is 0. The van der Waals surface area contributed by atoms with E-state index in [0.717, 1.165) is 36.2 Å². The lowest BCUT2D eigenvalue weighted by Gasteiger charge is -2.17. The predicted molar refractivity (Wildman–Crippen MR) is 85.6 cm³/mol. The van der Waals surface area contributed by atoms with E-state index in [0.29, 0.717) is 11.8 Å². The van der Waals surface area contributed by atoms with Crippen LogP contribution in [0, 0.1) is 0 Å². The Morgan fingerprint density at radius 1 is 1.05 bits per heavy atom. The Balaban J connectivity index is 1.90. The van der Waals surface area contributed by atoms with Crippen molar-refractivity contribution in [3.8, 4) is 11.5 Å². The summed E-state index contributed by atoms with van der Waals surface area (Å²) >= 11 is 6.23. The van der Waals surface area contributed by atoms with Crippen LogP contribution in [0.4, 0.5) is 0 Å². The first-order valence-corrected chi connectivity index (χ1v) is 7.92. The lowest BCUT2D eigenvalue weighted by atomic mass is 9.84. The maximum absolute atomic E-state index is 6.23. The molecule has 2 aromatic carbocycles. The zero-order chi connectivity index (χ0) is 14.4. The number of fused-ring (bicyclic) bond motifs is 5. The summed E-state index contributed by atoms with van der Waals surface area (Å²) in [7, 11) is 0. The standard InChI is InChI=1S/C18H18ClNO/c1-2-20-10-15-13-5-3-4-6-17(13)21-18-8-7-12(19)9-14(18)16(15)11-20/h3-9,15-16H,2,10-11H2,1H3/t15-,16-/m1/s1. The van der Waals surface area contributed by atoms with Gasteiger partial charge in [-0.3, -0.25) is 0 Å². The highest BCUT2D eigenvalue weighted by Gasteiger charge is 2.39. The minimum absolute atomic E-state index is 0.460. The molecular weight excluding hydrogens is 282 g/mol. The second-order valence-corrected chi connectivity index (χ2v) is 6.32. The molecule has 2 aliphatic heterocycles. The number of halogens is 1. The van der Waals surface area contributed by atoms with Crippen molar-refractivity contribution >= 4 is 11.6 Å². The maximum atomic E-state index is 6.23. The second kappa shape index (κ2) is 5.04. The molecule has 1 saturated heterocycles. The van der Waals surface area contributed by atoms with Gasteiger partial charge in [0.1, 0.15) is 11.5 Å². The summed E-state index contributed by atoms with van der Waals surface area (Å²) in [5.74, 6) is 2.90. The van der Waals surface area contributed by atoms with Crippen LogP contribution in [0.25, 0.3) is 0 Å². The molecule has 0 aliphatic carbocycles. The minimum Gasteiger partial charge on any atom is -0.457 e. The van der Waals surface area contributed by atoms with Crippen molar-refractivity contribution in [3.63, 3.8) is 0 Å². The number of benzene rings is 2. The SMILES string of the molecule is CCN1C[C@@H]2c3ccccc3Oc3ccc(Cl)cc3[C@H]2C1. The summed E-state index contributed by atoms with van der Waals surface area (Å²) in [6.07, 6.45) is 0. The predicted octanol–water partition coefficient (Wildman–Crippen LogP) is 4.65. The molecule has 2 heterocycles. The highest BCUT2D eigenvalue weighted by Crippen LogP contribution is 2.49. The average Bonchev–Trinajstić information content (AvgIpc) is 2.89. The van der Waals surface area contributed by atoms with Crippen molar-refractivity contribution in [3.05, 3.63) is 58.6 Å². The molecule has 2 atom stereocenters. The van der Waals surface area contributed by atoms with E-state index < -0.39 is 0 Å². The molecule has 2 aromatic rings. The Kier molecular flexibility index (Phi) is 3.16. The van der Waals surface area contributed by atoms with E-state index in [9.17, 15) is 0 Å². The number of likely N-dealkylation sites (N-methyl/N-ethyl adjacent to an activating group) is 1. The quantitative estimate of drug-likeness (QED) is 0.760. The third kappa shape index (κ3) is 2.14. The topological polar surface area (TPSA) is 12.5 Å². The van der Waals surface area contributed by atoms with Gasteiger partial charge in [0.25, 0.3) is 0 Å². The zero-order valence-electron chi connectivity index (χ0n) is 12.1. The van der Waals surface area contributed by atoms with Crippen molar-refractivity contribution < 1.29 is 4.74 Å². The number of likely N-dealkylation sites (tertiary alicyclic amines) is 1. The van der Waals surface area contributed by atoms with Crippen LogP contribution in [0.2, 0.25) is 5.02 Å². The van der Waals surface area contributed by atoms with E-state index in [-0.39, 0.29) is 0 Å². The monoisotopic (exact) mass is 299 g/mol. The Labute approximate surface area is 130 Å². The third-order valence-electron chi connectivity index (χ3n) is 4.75. The molecule has 2 nitrogen and oxygen atoms in total. The molecule has 0 spiro atoms. The van der Waals surface area contributed by atoms with E-state index in [4.69, 9.17) is 16.3 Å². The second-order valence-electron chi connectivity index (χ2n) is 5.89. The summed E-state index contributed by atoms with van der Waals surface area (Å²) < 4.78 is 6.19. The Morgan fingerprint density at radius 2 is 1.76 bits per heavy atom. The van der Waals surface area contributed by atoms with Gasteiger partial charge in [-0.05, 0) is 36.4 Å². The van der Waals surface area contributed by atoms with Gasteiger partial charge in [0.2, 0.25) is 0 Å². The van der Waals surface area contributed by atoms with E-state index in [1.807, 2.05) is 18.2 Å². The highest BCUT2D eigenvalue weighted by molar-refractivity contribution is 6.30. The molecular formula is C18H18ClNO. The third-order valence-corrected chi connectivity index (χ3v) is 4.99. The summed E-state index contributed by atoms with van der Waals surface area (Å²) in [5, 5.41) is 0.789. The van der Waals surface area contributed by atoms with Gasteiger partial charge in [0.05, 0.1) is 0 Å². The normalized spacial score (nSPS) is 23.7. The lowest BCUT2D eigenvalue weighted by molar-refractivity contribution is 0.347. The van der Waals surface area contributed by atoms with Crippen LogP contribution in [0.3, 0.4) is 0 Å². The first kappa shape index (κ1) is 13.2. The lowest BCUT2D eigenvalue weighted by Crippen LogP contribution is -2.20. The minimum atomic E-state index is 0.460. The highest BCUT2D eigenvalue weighted by atomic mass is 35.5. The van der Waals surface area contributed by atoms with Crippen molar-refractivity contribution in [1.29, 1.82) is 0 Å². The average molecular weight is 300 g/mol. The number of hydrogen-bond acceptors (Lipinski definition) is 2. The van der Waals surface area contributed by atoms with Gasteiger partial charge in [-0.15, -0.1) is 0 Å². The molecule has 0 radical (unpaired) electrons. The van der Waals surface area contributed by atoms with E-state index in [2.05, 4.69) is 36.1 Å². The molecule has 3 heteroatoms. The maximum Gasteiger partial charge on any atom is 0.131 e. The summed E-state index contributed by atoms with van der Waals surface area (Å²) in [6, 6.07) is 14.4. The Morgan fingerprint density at radius 3 is 2.57 bits per heavy atom. The van der Waals surface area contributed by atoms with Crippen LogP contribution < -0.4 is 4.74 Å². The molecule has 0 aromatic heterocycles. The van der Waals surface area contributed by atoms with Crippen LogP contribution in [0.5, 0.6) is 11.5 Å². The largest absolute Gasteiger partial charge is 0.457 e. The molecule has 1 fully saturated rings. The molecule has 108 valence electrons. The number of para-hydroxylation sites is 1. The van der Waals surface area contributed by atoms with Crippen LogP contribution >= 0.6 is 11.6 Å². The fourth-order valence-electron chi connectivity index (χ4n) is 3.67. The van der Waals surface area contributed by atoms with Gasteiger partial charge in [-0.1, -0.05) is 36.7 Å². The van der Waals surface area contributed by atoms with Crippen LogP contribution in [-0.2, 0) is 0 Å². The van der Waals surface area contributed by atoms with Gasteiger partial charge in [0, 0.05) is 35.5 Å². The summed E-state index contributed by atoms with van der Waals surface area (Å²) in [4.78, 5) is 2.52. The molecule has 4 rings (SSSR count). The Bertz CT molecular complexity index is 685. The molecule has 2 aliphatic rings. The van der Waals surface area contributed by atoms with Crippen molar-refractivity contribution in [2.24, 2.45) is 0 Å². The van der Waals surface area contributed by atoms with Gasteiger partial charge in [-0.25, -0.2) is 0 Å². The fraction of sp³-hybridized carbons (Fsp3) is 0.333. The van der Waals surface area contributed by atoms with Gasteiger partial charge in [-0.2, -0.15) is 0 Å². The van der Waals surface area contributed by atoms with Crippen LogP contribution in [-0.4, -0.2) is 24.5 Å². The number of nitrogens with zero attached hydrogens (tertiary/aromatic N) is 1.